The Bertz CT molecular complexity index is 2290. The van der Waals surface area contributed by atoms with Gasteiger partial charge in [-0.2, -0.15) is 0 Å². The number of hydrogen-bond donors (Lipinski definition) is 1. The summed E-state index contributed by atoms with van der Waals surface area (Å²) < 4.78 is 79.6. The number of benzene rings is 3. The lowest BCUT2D eigenvalue weighted by molar-refractivity contribution is -0.144. The number of ether oxygens (including phenoxy) is 1. The van der Waals surface area contributed by atoms with Crippen LogP contribution in [0.15, 0.2) is 57.0 Å². The van der Waals surface area contributed by atoms with E-state index in [9.17, 15) is 37.5 Å². The maximum atomic E-state index is 15.4. The fourth-order valence-electron chi connectivity index (χ4n) is 9.45. The Morgan fingerprint density at radius 1 is 0.860 bits per heavy atom. The standard InChI is InChI=1S/C39H30Br2Cl2F5N3O6/c1-57-22-13-20(25(40)26(41)33(22)52)24-18-7-8-19-23(35(54)50(34(19)53)17-9-11-49(12-10-17)15-16-5-3-2-4-6-16)21(18)14-38(42)36(55)51(37(56)39(24,38)43)32-30(47)28(45)27(44)29(46)31(32)48/h2-7,13,17,19,21,23-24,52H,8-12,14-15H2,1H3. The number of phenolic OH excluding ortho intramolecular Hbond substituents is 1. The number of alkyl halides is 2. The molecule has 2 aliphatic carbocycles. The molecule has 3 heterocycles. The first-order chi connectivity index (χ1) is 27.0. The monoisotopic (exact) mass is 959 g/mol. The second-order valence-corrected chi connectivity index (χ2v) is 17.7. The molecule has 9 nitrogen and oxygen atoms in total. The first-order valence-electron chi connectivity index (χ1n) is 17.9. The molecule has 0 spiro atoms. The first-order valence-corrected chi connectivity index (χ1v) is 20.2. The highest BCUT2D eigenvalue weighted by atomic mass is 79.9. The number of nitrogens with zero attached hydrogens (tertiary/aromatic N) is 3. The Morgan fingerprint density at radius 3 is 2.09 bits per heavy atom. The predicted molar refractivity (Wildman–Crippen MR) is 203 cm³/mol. The number of methoxy groups -OCH3 is 1. The maximum Gasteiger partial charge on any atom is 0.258 e. The lowest BCUT2D eigenvalue weighted by Crippen LogP contribution is -2.60. The van der Waals surface area contributed by atoms with Crippen LogP contribution in [0, 0.1) is 46.8 Å². The number of rotatable bonds is 6. The molecule has 8 rings (SSSR count). The van der Waals surface area contributed by atoms with Gasteiger partial charge in [-0.3, -0.25) is 29.0 Å². The van der Waals surface area contributed by atoms with E-state index in [0.717, 1.165) is 5.56 Å². The number of piperidine rings is 1. The van der Waals surface area contributed by atoms with E-state index in [2.05, 4.69) is 36.8 Å². The van der Waals surface area contributed by atoms with Crippen LogP contribution in [0.5, 0.6) is 11.5 Å². The van der Waals surface area contributed by atoms with E-state index < -0.39 is 110 Å². The van der Waals surface area contributed by atoms with Crippen molar-refractivity contribution in [3.63, 3.8) is 0 Å². The summed E-state index contributed by atoms with van der Waals surface area (Å²) in [5, 5.41) is 10.8. The normalized spacial score (nSPS) is 29.1. The molecule has 5 aliphatic rings. The fourth-order valence-corrected chi connectivity index (χ4v) is 11.3. The van der Waals surface area contributed by atoms with Crippen molar-refractivity contribution < 1.29 is 51.0 Å². The van der Waals surface area contributed by atoms with Gasteiger partial charge in [0.2, 0.25) is 17.6 Å². The van der Waals surface area contributed by atoms with Crippen LogP contribution < -0.4 is 9.64 Å². The minimum absolute atomic E-state index is 0.000674. The van der Waals surface area contributed by atoms with E-state index in [1.807, 2.05) is 30.3 Å². The van der Waals surface area contributed by atoms with Gasteiger partial charge in [0.1, 0.15) is 5.69 Å². The summed E-state index contributed by atoms with van der Waals surface area (Å²) in [6.45, 7) is 1.91. The SMILES string of the molecule is COc1cc(C2C3=CCC4C(=O)N(C5CCN(Cc6ccccc6)CC5)C(=O)C4C3CC3(Cl)C(=O)N(c4c(F)c(F)c(F)c(F)c4F)C(=O)C23Cl)c(Br)c(Br)c1O. The predicted octanol–water partition coefficient (Wildman–Crippen LogP) is 7.85. The van der Waals surface area contributed by atoms with Crippen LogP contribution >= 0.6 is 55.1 Å². The van der Waals surface area contributed by atoms with E-state index in [-0.39, 0.29) is 37.2 Å². The van der Waals surface area contributed by atoms with E-state index >= 15 is 8.78 Å². The molecule has 3 aliphatic heterocycles. The molecule has 1 N–H and O–H groups in total. The molecule has 6 atom stereocenters. The van der Waals surface area contributed by atoms with Crippen LogP contribution in [0.1, 0.15) is 42.7 Å². The molecule has 0 radical (unpaired) electrons. The number of aromatic hydroxyl groups is 1. The summed E-state index contributed by atoms with van der Waals surface area (Å²) >= 11 is 21.2. The number of likely N-dealkylation sites (tertiary alicyclic amines) is 2. The van der Waals surface area contributed by atoms with E-state index in [0.29, 0.717) is 32.5 Å². The minimum atomic E-state index is -2.75. The molecular formula is C39H30Br2Cl2F5N3O6. The minimum Gasteiger partial charge on any atom is -0.503 e. The van der Waals surface area contributed by atoms with Gasteiger partial charge in [-0.25, -0.2) is 26.9 Å². The van der Waals surface area contributed by atoms with Crippen molar-refractivity contribution in [2.24, 2.45) is 17.8 Å². The molecule has 18 heteroatoms. The molecule has 3 aromatic carbocycles. The van der Waals surface area contributed by atoms with Crippen molar-refractivity contribution in [1.29, 1.82) is 0 Å². The highest BCUT2D eigenvalue weighted by Crippen LogP contribution is 2.67. The number of carbonyl (C=O) groups excluding carboxylic acids is 4. The Morgan fingerprint density at radius 2 is 1.47 bits per heavy atom. The van der Waals surface area contributed by atoms with E-state index in [1.165, 1.54) is 18.1 Å². The lowest BCUT2D eigenvalue weighted by Gasteiger charge is -2.51. The molecule has 1 saturated carbocycles. The summed E-state index contributed by atoms with van der Waals surface area (Å²) in [4.78, 5) is 55.8. The molecule has 0 aromatic heterocycles. The number of halogens is 9. The second-order valence-electron chi connectivity index (χ2n) is 14.9. The van der Waals surface area contributed by atoms with Crippen LogP contribution in [0.3, 0.4) is 0 Å². The summed E-state index contributed by atoms with van der Waals surface area (Å²) in [7, 11) is 1.23. The largest absolute Gasteiger partial charge is 0.503 e. The quantitative estimate of drug-likeness (QED) is 0.0671. The molecule has 4 amide bonds. The van der Waals surface area contributed by atoms with Crippen LogP contribution in [0.4, 0.5) is 27.6 Å². The third-order valence-corrected chi connectivity index (χ3v) is 15.7. The van der Waals surface area contributed by atoms with Crippen molar-refractivity contribution >= 4 is 84.4 Å². The lowest BCUT2D eigenvalue weighted by atomic mass is 9.56. The van der Waals surface area contributed by atoms with Gasteiger partial charge in [0.15, 0.2) is 44.5 Å². The van der Waals surface area contributed by atoms with Gasteiger partial charge >= 0.3 is 0 Å². The second kappa shape index (κ2) is 14.3. The topological polar surface area (TPSA) is 107 Å². The highest BCUT2D eigenvalue weighted by Gasteiger charge is 2.77. The van der Waals surface area contributed by atoms with E-state index in [4.69, 9.17) is 27.9 Å². The Hall–Kier alpha value is -3.57. The molecule has 57 heavy (non-hydrogen) atoms. The number of carbonyl (C=O) groups is 4. The number of hydrogen-bond acceptors (Lipinski definition) is 7. The molecule has 0 bridgehead atoms. The van der Waals surface area contributed by atoms with Crippen molar-refractivity contribution in [2.75, 3.05) is 25.1 Å². The number of fused-ring (bicyclic) bond motifs is 4. The van der Waals surface area contributed by atoms with Crippen molar-refractivity contribution in [1.82, 2.24) is 9.80 Å². The summed E-state index contributed by atoms with van der Waals surface area (Å²) in [6.07, 6.45) is 1.99. The first kappa shape index (κ1) is 40.2. The zero-order valence-corrected chi connectivity index (χ0v) is 34.3. The fraction of sp³-hybridized carbons (Fsp3) is 0.385. The van der Waals surface area contributed by atoms with Gasteiger partial charge in [-0.1, -0.05) is 42.0 Å². The maximum absolute atomic E-state index is 15.4. The number of allylic oxidation sites excluding steroid dienone is 2. The third-order valence-electron chi connectivity index (χ3n) is 12.1. The zero-order chi connectivity index (χ0) is 41.0. The Balaban J connectivity index is 1.22. The van der Waals surface area contributed by atoms with Gasteiger partial charge in [0.05, 0.1) is 23.4 Å². The number of imide groups is 2. The van der Waals surface area contributed by atoms with Gasteiger partial charge in [-0.05, 0) is 80.7 Å². The number of phenols is 1. The number of amides is 4. The van der Waals surface area contributed by atoms with Gasteiger partial charge < -0.3 is 9.84 Å². The van der Waals surface area contributed by atoms with Crippen LogP contribution in [0.25, 0.3) is 0 Å². The molecule has 3 aromatic rings. The Kier molecular flexibility index (Phi) is 10.1. The van der Waals surface area contributed by atoms with Crippen LogP contribution in [-0.2, 0) is 25.7 Å². The van der Waals surface area contributed by atoms with E-state index in [1.54, 1.807) is 6.08 Å². The van der Waals surface area contributed by atoms with Crippen molar-refractivity contribution in [3.8, 4) is 11.5 Å². The molecule has 4 fully saturated rings. The summed E-state index contributed by atoms with van der Waals surface area (Å²) in [5.74, 6) is -21.7. The molecule has 300 valence electrons. The Labute approximate surface area is 348 Å². The molecular weight excluding hydrogens is 932 g/mol. The average molecular weight is 962 g/mol. The number of anilines is 1. The van der Waals surface area contributed by atoms with Crippen LogP contribution in [0.2, 0.25) is 0 Å². The van der Waals surface area contributed by atoms with Crippen LogP contribution in [-0.4, -0.2) is 74.5 Å². The third kappa shape index (κ3) is 5.66. The van der Waals surface area contributed by atoms with Gasteiger partial charge in [0, 0.05) is 36.1 Å². The summed E-state index contributed by atoms with van der Waals surface area (Å²) in [6, 6.07) is 10.7. The summed E-state index contributed by atoms with van der Waals surface area (Å²) in [5.41, 5.74) is -0.436. The van der Waals surface area contributed by atoms with Gasteiger partial charge in [0.25, 0.3) is 11.8 Å². The average Bonchev–Trinajstić information content (AvgIpc) is 3.54. The molecule has 6 unspecified atom stereocenters. The van der Waals surface area contributed by atoms with Gasteiger partial charge in [-0.15, -0.1) is 23.2 Å². The molecule has 3 saturated heterocycles. The smallest absolute Gasteiger partial charge is 0.258 e. The van der Waals surface area contributed by atoms with Crippen molar-refractivity contribution in [2.45, 2.75) is 53.9 Å². The zero-order valence-electron chi connectivity index (χ0n) is 29.6. The highest BCUT2D eigenvalue weighted by molar-refractivity contribution is 9.13. The van der Waals surface area contributed by atoms with Crippen molar-refractivity contribution in [3.05, 3.63) is 97.2 Å².